The summed E-state index contributed by atoms with van der Waals surface area (Å²) in [4.78, 5) is 40.3. The van der Waals surface area contributed by atoms with E-state index in [1.165, 1.54) is 0 Å². The third-order valence-electron chi connectivity index (χ3n) is 6.99. The van der Waals surface area contributed by atoms with Gasteiger partial charge in [-0.15, -0.1) is 0 Å². The molecule has 43 heavy (non-hydrogen) atoms. The summed E-state index contributed by atoms with van der Waals surface area (Å²) >= 11 is 16.9. The number of hydrogen-bond acceptors (Lipinski definition) is 7. The second-order valence-electron chi connectivity index (χ2n) is 10.1. The molecule has 0 fully saturated rings. The van der Waals surface area contributed by atoms with Crippen LogP contribution in [0.3, 0.4) is 0 Å². The fourth-order valence-corrected chi connectivity index (χ4v) is 5.35. The zero-order valence-corrected chi connectivity index (χ0v) is 28.8. The number of halogens is 1. The van der Waals surface area contributed by atoms with Crippen molar-refractivity contribution in [1.29, 1.82) is 0 Å². The topological polar surface area (TPSA) is 103 Å². The molecule has 3 aromatic rings. The van der Waals surface area contributed by atoms with Crippen LogP contribution in [0.5, 0.6) is 0 Å². The molecule has 8 nitrogen and oxygen atoms in total. The van der Waals surface area contributed by atoms with E-state index in [0.29, 0.717) is 48.3 Å². The molecule has 0 saturated heterocycles. The number of benzene rings is 2. The summed E-state index contributed by atoms with van der Waals surface area (Å²) in [5, 5.41) is 8.48. The second-order valence-corrected chi connectivity index (χ2v) is 11.4. The molecule has 2 amide bonds. The van der Waals surface area contributed by atoms with Gasteiger partial charge in [-0.1, -0.05) is 36.1 Å². The van der Waals surface area contributed by atoms with Crippen LogP contribution in [-0.2, 0) is 63.6 Å². The molecule has 0 aliphatic carbocycles. The Morgan fingerprint density at radius 3 is 2.33 bits per heavy atom. The van der Waals surface area contributed by atoms with Crippen LogP contribution in [0.15, 0.2) is 42.5 Å². The van der Waals surface area contributed by atoms with Crippen molar-refractivity contribution in [3.8, 4) is 0 Å². The SMILES string of the molecule is Cc1ccc2c(c1)c(CC(=O)NCCCCCCN(CC[S-])CC(=O)[N-]CC[S-])c(C)n2C(=O)c1ccc(Cl)cc1.[O]=[Tc+4]. The van der Waals surface area contributed by atoms with Gasteiger partial charge in [-0.2, -0.15) is 18.1 Å². The molecule has 0 saturated carbocycles. The number of unbranched alkanes of at least 4 members (excludes halogenated alkanes) is 3. The third-order valence-corrected chi connectivity index (χ3v) is 7.61. The molecule has 231 valence electrons. The van der Waals surface area contributed by atoms with Crippen molar-refractivity contribution in [1.82, 2.24) is 14.8 Å². The molecule has 3 rings (SSSR count). The van der Waals surface area contributed by atoms with Gasteiger partial charge in [-0.05, 0) is 81.7 Å². The van der Waals surface area contributed by atoms with Gasteiger partial charge in [-0.3, -0.25) is 19.1 Å². The number of carbonyl (C=O) groups excluding carboxylic acids is 3. The number of carbonyl (C=O) groups is 3. The number of nitrogens with one attached hydrogen (secondary N) is 1. The maximum absolute atomic E-state index is 13.4. The summed E-state index contributed by atoms with van der Waals surface area (Å²) in [5.74, 6) is 0.680. The molecule has 0 radical (unpaired) electrons. The Labute approximate surface area is 280 Å². The van der Waals surface area contributed by atoms with Crippen LogP contribution >= 0.6 is 11.6 Å². The molecule has 1 heterocycles. The van der Waals surface area contributed by atoms with Gasteiger partial charge in [0.15, 0.2) is 0 Å². The molecule has 0 aliphatic rings. The van der Waals surface area contributed by atoms with Gasteiger partial charge in [0.25, 0.3) is 5.91 Å². The molecule has 1 N–H and O–H groups in total. The van der Waals surface area contributed by atoms with Crippen LogP contribution in [0, 0.1) is 13.8 Å². The Morgan fingerprint density at radius 2 is 1.65 bits per heavy atom. The molecular weight excluding hydrogens is 690 g/mol. The van der Waals surface area contributed by atoms with Gasteiger partial charge in [0.1, 0.15) is 0 Å². The molecule has 0 unspecified atom stereocenters. The van der Waals surface area contributed by atoms with Crippen molar-refractivity contribution < 1.29 is 36.7 Å². The monoisotopic (exact) mass is 726 g/mol. The average Bonchev–Trinajstić information content (AvgIpc) is 3.26. The minimum atomic E-state index is -0.152. The van der Waals surface area contributed by atoms with Gasteiger partial charge in [0.05, 0.1) is 17.8 Å². The van der Waals surface area contributed by atoms with Crippen molar-refractivity contribution in [2.45, 2.75) is 46.0 Å². The van der Waals surface area contributed by atoms with Gasteiger partial charge in [0.2, 0.25) is 5.91 Å². The summed E-state index contributed by atoms with van der Waals surface area (Å²) in [6.07, 6.45) is 4.00. The van der Waals surface area contributed by atoms with E-state index in [0.717, 1.165) is 78.8 Å². The number of hydrogen-bond donors (Lipinski definition) is 1. The van der Waals surface area contributed by atoms with Crippen molar-refractivity contribution in [2.75, 3.05) is 44.2 Å². The number of aryl methyl sites for hydroxylation is 1. The Bertz CT molecular complexity index is 1350. The normalized spacial score (nSPS) is 10.9. The van der Waals surface area contributed by atoms with E-state index in [9.17, 15) is 14.4 Å². The molecule has 1 aromatic heterocycles. The Hall–Kier alpha value is -2.01. The molecule has 12 heteroatoms. The summed E-state index contributed by atoms with van der Waals surface area (Å²) < 4.78 is 9.91. The van der Waals surface area contributed by atoms with Gasteiger partial charge < -0.3 is 40.7 Å². The molecule has 2 aromatic carbocycles. The van der Waals surface area contributed by atoms with Crippen molar-refractivity contribution in [3.05, 3.63) is 75.2 Å². The first kappa shape index (κ1) is 37.2. The fourth-order valence-electron chi connectivity index (χ4n) is 4.88. The minimum absolute atomic E-state index is 0.0643. The zero-order valence-electron chi connectivity index (χ0n) is 24.6. The fraction of sp³-hybridized carbons (Fsp3) is 0.452. The Morgan fingerprint density at radius 1 is 0.953 bits per heavy atom. The predicted molar refractivity (Wildman–Crippen MR) is 173 cm³/mol. The van der Waals surface area contributed by atoms with E-state index in [4.69, 9.17) is 40.4 Å². The van der Waals surface area contributed by atoms with Crippen LogP contribution in [0.1, 0.15) is 52.9 Å². The number of amides is 2. The zero-order chi connectivity index (χ0) is 31.8. The van der Waals surface area contributed by atoms with Crippen molar-refractivity contribution >= 4 is 65.5 Å². The molecule has 0 atom stereocenters. The van der Waals surface area contributed by atoms with Gasteiger partial charge >= 0.3 is 22.4 Å². The maximum atomic E-state index is 13.4. The number of rotatable bonds is 16. The van der Waals surface area contributed by atoms with Crippen molar-refractivity contribution in [3.63, 3.8) is 0 Å². The predicted octanol–water partition coefficient (Wildman–Crippen LogP) is 4.99. The van der Waals surface area contributed by atoms with Crippen LogP contribution < -0.4 is 5.32 Å². The van der Waals surface area contributed by atoms with Crippen LogP contribution in [0.2, 0.25) is 5.02 Å². The van der Waals surface area contributed by atoms with E-state index in [1.807, 2.05) is 32.0 Å². The van der Waals surface area contributed by atoms with Crippen LogP contribution in [0.4, 0.5) is 0 Å². The van der Waals surface area contributed by atoms with Gasteiger partial charge in [-0.25, -0.2) is 0 Å². The molecule has 0 spiro atoms. The summed E-state index contributed by atoms with van der Waals surface area (Å²) in [7, 11) is 0. The standard InChI is InChI=1S/C31H41ClN4O3S2.O.Tc/c1-22-7-12-28-27(19-22)26(23(2)36(28)31(39)24-8-10-25(32)11-9-24)20-29(37)33-13-5-3-4-6-15-35(16-18-41)21-30(38)34-14-17-40;;/h7-12,19H,3-6,13-18,20-21H2,1-2H3,(H4,33,34,37,38,40,41);;/q;;+4/p-3. The first-order valence-electron chi connectivity index (χ1n) is 14.2. The molecule has 0 bridgehead atoms. The van der Waals surface area contributed by atoms with Crippen LogP contribution in [-0.4, -0.2) is 71.4 Å². The molecular formula is C31H38ClN4O4S2Tc+. The average molecular weight is 728 g/mol. The summed E-state index contributed by atoms with van der Waals surface area (Å²) in [6, 6.07) is 12.8. The number of fused-ring (bicyclic) bond motifs is 1. The van der Waals surface area contributed by atoms with E-state index in [2.05, 4.69) is 15.5 Å². The Kier molecular flexibility index (Phi) is 17.4. The van der Waals surface area contributed by atoms with E-state index < -0.39 is 0 Å². The Balaban J connectivity index is 0.00000316. The van der Waals surface area contributed by atoms with Crippen molar-refractivity contribution in [2.24, 2.45) is 0 Å². The van der Waals surface area contributed by atoms with Gasteiger partial charge in [0, 0.05) is 34.8 Å². The first-order chi connectivity index (χ1) is 20.7. The quantitative estimate of drug-likeness (QED) is 0.164. The summed E-state index contributed by atoms with van der Waals surface area (Å²) in [5.41, 5.74) is 4.01. The second kappa shape index (κ2) is 20.1. The van der Waals surface area contributed by atoms with Crippen LogP contribution in [0.25, 0.3) is 16.2 Å². The van der Waals surface area contributed by atoms with E-state index >= 15 is 0 Å². The van der Waals surface area contributed by atoms with E-state index in [-0.39, 0.29) is 24.1 Å². The number of aromatic nitrogens is 1. The van der Waals surface area contributed by atoms with E-state index in [1.54, 1.807) is 28.8 Å². The summed E-state index contributed by atoms with van der Waals surface area (Å²) in [6.45, 7) is 6.67. The first-order valence-corrected chi connectivity index (χ1v) is 16.5. The molecule has 0 aliphatic heterocycles. The number of nitrogens with zero attached hydrogens (tertiary/aromatic N) is 3. The third kappa shape index (κ3) is 11.8.